The Kier molecular flexibility index (Phi) is 11.8. The molecular weight excluding hydrogens is 212 g/mol. The van der Waals surface area contributed by atoms with Crippen LogP contribution in [0.25, 0.3) is 0 Å². The zero-order chi connectivity index (χ0) is 12.9. The number of hydrogen-bond acceptors (Lipinski definition) is 2. The molecule has 0 bridgehead atoms. The molecule has 1 atom stereocenters. The second-order valence-electron chi connectivity index (χ2n) is 5.01. The largest absolute Gasteiger partial charge is 0.393 e. The third kappa shape index (κ3) is 11.9. The van der Waals surface area contributed by atoms with E-state index in [1.54, 1.807) is 0 Å². The zero-order valence-electron chi connectivity index (χ0n) is 11.7. The van der Waals surface area contributed by atoms with Gasteiger partial charge in [-0.2, -0.15) is 0 Å². The first-order chi connectivity index (χ1) is 8.20. The Balaban J connectivity index is 3.22. The number of carbonyl (C=O) groups excluding carboxylic acids is 1. The molecule has 0 rings (SSSR count). The molecule has 2 heteroatoms. The van der Waals surface area contributed by atoms with Gasteiger partial charge >= 0.3 is 0 Å². The van der Waals surface area contributed by atoms with E-state index in [4.69, 9.17) is 0 Å². The lowest BCUT2D eigenvalue weighted by Crippen LogP contribution is -2.03. The standard InChI is InChI=1S/C15H30O2/c1-3-5-6-8-12-15(17)13-10-7-9-11-14(16)4-2/h14,16H,3-13H2,1-2H3/t14-/m0/s1. The van der Waals surface area contributed by atoms with E-state index >= 15 is 0 Å². The van der Waals surface area contributed by atoms with Crippen molar-refractivity contribution < 1.29 is 9.90 Å². The molecule has 0 amide bonds. The Morgan fingerprint density at radius 3 is 2.06 bits per heavy atom. The lowest BCUT2D eigenvalue weighted by atomic mass is 10.0. The highest BCUT2D eigenvalue weighted by molar-refractivity contribution is 5.78. The topological polar surface area (TPSA) is 37.3 Å². The highest BCUT2D eigenvalue weighted by Gasteiger charge is 2.03. The Morgan fingerprint density at radius 2 is 1.53 bits per heavy atom. The molecular formula is C15H30O2. The van der Waals surface area contributed by atoms with Crippen molar-refractivity contribution in [3.8, 4) is 0 Å². The number of hydrogen-bond donors (Lipinski definition) is 1. The molecule has 102 valence electrons. The van der Waals surface area contributed by atoms with Crippen molar-refractivity contribution in [2.24, 2.45) is 0 Å². The van der Waals surface area contributed by atoms with Crippen LogP contribution < -0.4 is 0 Å². The lowest BCUT2D eigenvalue weighted by molar-refractivity contribution is -0.119. The maximum atomic E-state index is 11.5. The van der Waals surface area contributed by atoms with E-state index in [1.165, 1.54) is 19.3 Å². The third-order valence-corrected chi connectivity index (χ3v) is 3.27. The van der Waals surface area contributed by atoms with E-state index in [-0.39, 0.29) is 6.10 Å². The van der Waals surface area contributed by atoms with E-state index in [1.807, 2.05) is 6.92 Å². The maximum absolute atomic E-state index is 11.5. The van der Waals surface area contributed by atoms with Gasteiger partial charge < -0.3 is 5.11 Å². The number of rotatable bonds is 12. The molecule has 1 N–H and O–H groups in total. The van der Waals surface area contributed by atoms with Crippen molar-refractivity contribution in [3.05, 3.63) is 0 Å². The van der Waals surface area contributed by atoms with Gasteiger partial charge in [0.1, 0.15) is 5.78 Å². The average Bonchev–Trinajstić information content (AvgIpc) is 2.34. The summed E-state index contributed by atoms with van der Waals surface area (Å²) in [6.45, 7) is 4.19. The Bertz CT molecular complexity index is 178. The highest BCUT2D eigenvalue weighted by Crippen LogP contribution is 2.10. The van der Waals surface area contributed by atoms with Crippen LogP contribution in [0.15, 0.2) is 0 Å². The normalized spacial score (nSPS) is 12.6. The van der Waals surface area contributed by atoms with Gasteiger partial charge in [0.2, 0.25) is 0 Å². The smallest absolute Gasteiger partial charge is 0.132 e. The van der Waals surface area contributed by atoms with Crippen LogP contribution in [0.3, 0.4) is 0 Å². The van der Waals surface area contributed by atoms with Gasteiger partial charge in [0.05, 0.1) is 6.10 Å². The summed E-state index contributed by atoms with van der Waals surface area (Å²) in [5.41, 5.74) is 0. The van der Waals surface area contributed by atoms with E-state index in [0.29, 0.717) is 5.78 Å². The number of Topliss-reactive ketones (excluding diaryl/α,β-unsaturated/α-hetero) is 1. The predicted octanol–water partition coefficient (Wildman–Crippen LogP) is 4.25. The number of carbonyl (C=O) groups is 1. The van der Waals surface area contributed by atoms with Crippen LogP contribution >= 0.6 is 0 Å². The SMILES string of the molecule is CCCCCCC(=O)CCCCC[C@@H](O)CC. The number of aliphatic hydroxyl groups is 1. The van der Waals surface area contributed by atoms with Crippen LogP contribution in [0.4, 0.5) is 0 Å². The molecule has 0 aromatic heterocycles. The summed E-state index contributed by atoms with van der Waals surface area (Å²) in [4.78, 5) is 11.5. The molecule has 0 spiro atoms. The van der Waals surface area contributed by atoms with Gasteiger partial charge in [-0.3, -0.25) is 4.79 Å². The van der Waals surface area contributed by atoms with Gasteiger partial charge in [-0.25, -0.2) is 0 Å². The molecule has 0 fully saturated rings. The van der Waals surface area contributed by atoms with Gasteiger partial charge in [0.15, 0.2) is 0 Å². The van der Waals surface area contributed by atoms with Gasteiger partial charge in [-0.05, 0) is 25.7 Å². The maximum Gasteiger partial charge on any atom is 0.132 e. The van der Waals surface area contributed by atoms with Crippen LogP contribution in [0.5, 0.6) is 0 Å². The Labute approximate surface area is 107 Å². The number of ketones is 1. The minimum absolute atomic E-state index is 0.139. The zero-order valence-corrected chi connectivity index (χ0v) is 11.7. The molecule has 0 aliphatic heterocycles. The molecule has 0 aliphatic rings. The summed E-state index contributed by atoms with van der Waals surface area (Å²) < 4.78 is 0. The van der Waals surface area contributed by atoms with Crippen LogP contribution in [0.1, 0.15) is 84.5 Å². The first-order valence-electron chi connectivity index (χ1n) is 7.40. The molecule has 0 saturated carbocycles. The van der Waals surface area contributed by atoms with Crippen molar-refractivity contribution in [3.63, 3.8) is 0 Å². The van der Waals surface area contributed by atoms with Crippen LogP contribution in [0, 0.1) is 0 Å². The minimum atomic E-state index is -0.139. The molecule has 0 aromatic carbocycles. The fraction of sp³-hybridized carbons (Fsp3) is 0.933. The van der Waals surface area contributed by atoms with Crippen molar-refractivity contribution in [2.45, 2.75) is 90.6 Å². The first kappa shape index (κ1) is 16.6. The first-order valence-corrected chi connectivity index (χ1v) is 7.40. The van der Waals surface area contributed by atoms with Crippen molar-refractivity contribution in [1.82, 2.24) is 0 Å². The molecule has 0 aromatic rings. The molecule has 0 heterocycles. The molecule has 17 heavy (non-hydrogen) atoms. The molecule has 0 saturated heterocycles. The Hall–Kier alpha value is -0.370. The number of aliphatic hydroxyl groups excluding tert-OH is 1. The summed E-state index contributed by atoms with van der Waals surface area (Å²) in [7, 11) is 0. The van der Waals surface area contributed by atoms with Crippen molar-refractivity contribution in [2.75, 3.05) is 0 Å². The Morgan fingerprint density at radius 1 is 0.941 bits per heavy atom. The fourth-order valence-corrected chi connectivity index (χ4v) is 1.96. The lowest BCUT2D eigenvalue weighted by Gasteiger charge is -2.06. The van der Waals surface area contributed by atoms with Crippen molar-refractivity contribution >= 4 is 5.78 Å². The van der Waals surface area contributed by atoms with E-state index in [9.17, 15) is 9.90 Å². The van der Waals surface area contributed by atoms with Crippen molar-refractivity contribution in [1.29, 1.82) is 0 Å². The third-order valence-electron chi connectivity index (χ3n) is 3.27. The molecule has 0 radical (unpaired) electrons. The number of unbranched alkanes of at least 4 members (excludes halogenated alkanes) is 5. The van der Waals surface area contributed by atoms with E-state index < -0.39 is 0 Å². The summed E-state index contributed by atoms with van der Waals surface area (Å²) in [6, 6.07) is 0. The molecule has 2 nitrogen and oxygen atoms in total. The summed E-state index contributed by atoms with van der Waals surface area (Å²) in [5, 5.41) is 9.37. The van der Waals surface area contributed by atoms with Gasteiger partial charge in [0, 0.05) is 12.8 Å². The second-order valence-corrected chi connectivity index (χ2v) is 5.01. The minimum Gasteiger partial charge on any atom is -0.393 e. The quantitative estimate of drug-likeness (QED) is 0.519. The molecule has 0 unspecified atom stereocenters. The average molecular weight is 242 g/mol. The van der Waals surface area contributed by atoms with Gasteiger partial charge in [-0.1, -0.05) is 46.0 Å². The monoisotopic (exact) mass is 242 g/mol. The summed E-state index contributed by atoms with van der Waals surface area (Å²) in [6.07, 6.45) is 11.0. The fourth-order valence-electron chi connectivity index (χ4n) is 1.96. The summed E-state index contributed by atoms with van der Waals surface area (Å²) in [5.74, 6) is 0.428. The highest BCUT2D eigenvalue weighted by atomic mass is 16.3. The predicted molar refractivity (Wildman–Crippen MR) is 73.1 cm³/mol. The van der Waals surface area contributed by atoms with E-state index in [2.05, 4.69) is 6.92 Å². The summed E-state index contributed by atoms with van der Waals surface area (Å²) >= 11 is 0. The van der Waals surface area contributed by atoms with Crippen LogP contribution in [-0.2, 0) is 4.79 Å². The van der Waals surface area contributed by atoms with Gasteiger partial charge in [-0.15, -0.1) is 0 Å². The van der Waals surface area contributed by atoms with Crippen LogP contribution in [-0.4, -0.2) is 17.0 Å². The molecule has 0 aliphatic carbocycles. The second kappa shape index (κ2) is 12.1. The van der Waals surface area contributed by atoms with Gasteiger partial charge in [0.25, 0.3) is 0 Å². The van der Waals surface area contributed by atoms with E-state index in [0.717, 1.165) is 51.4 Å². The van der Waals surface area contributed by atoms with Crippen LogP contribution in [0.2, 0.25) is 0 Å².